The van der Waals surface area contributed by atoms with Crippen LogP contribution in [-0.4, -0.2) is 14.5 Å². The van der Waals surface area contributed by atoms with E-state index in [4.69, 9.17) is 23.2 Å². The van der Waals surface area contributed by atoms with Crippen LogP contribution in [-0.2, 0) is 6.54 Å². The summed E-state index contributed by atoms with van der Waals surface area (Å²) in [6.07, 6.45) is 1.17. The number of H-pyrrole nitrogens is 1. The highest BCUT2D eigenvalue weighted by molar-refractivity contribution is 6.32. The van der Waals surface area contributed by atoms with E-state index in [1.54, 1.807) is 6.07 Å². The summed E-state index contributed by atoms with van der Waals surface area (Å²) in [7, 11) is 0. The number of rotatable bonds is 3. The number of benzene rings is 1. The second-order valence-electron chi connectivity index (χ2n) is 3.91. The highest BCUT2D eigenvalue weighted by Gasteiger charge is 2.13. The zero-order valence-corrected chi connectivity index (χ0v) is 11.3. The van der Waals surface area contributed by atoms with E-state index in [0.29, 0.717) is 5.56 Å². The average molecular weight is 316 g/mol. The van der Waals surface area contributed by atoms with Crippen LogP contribution in [0.5, 0.6) is 0 Å². The molecular weight excluding hydrogens is 309 g/mol. The van der Waals surface area contributed by atoms with E-state index < -0.39 is 16.2 Å². The fourth-order valence-electron chi connectivity index (χ4n) is 1.59. The molecule has 104 valence electrons. The van der Waals surface area contributed by atoms with Gasteiger partial charge < -0.3 is 0 Å². The minimum Gasteiger partial charge on any atom is -0.295 e. The standard InChI is InChI=1S/C11H7Cl2N3O4/c12-7-2-1-6(3-9(7)16(19)20)4-15-5-8(13)10(17)14-11(15)18/h1-3,5H,4H2,(H,14,17,18). The summed E-state index contributed by atoms with van der Waals surface area (Å²) in [5.74, 6) is 0. The summed E-state index contributed by atoms with van der Waals surface area (Å²) in [5.41, 5.74) is -1.12. The Kier molecular flexibility index (Phi) is 3.91. The third-order valence-electron chi connectivity index (χ3n) is 2.53. The average Bonchev–Trinajstić information content (AvgIpc) is 2.37. The van der Waals surface area contributed by atoms with Gasteiger partial charge in [-0.15, -0.1) is 0 Å². The van der Waals surface area contributed by atoms with E-state index in [1.165, 1.54) is 18.3 Å². The molecule has 0 unspecified atom stereocenters. The molecule has 7 nitrogen and oxygen atoms in total. The van der Waals surface area contributed by atoms with Crippen molar-refractivity contribution in [1.29, 1.82) is 0 Å². The number of nitro groups is 1. The maximum Gasteiger partial charge on any atom is 0.328 e. The lowest BCUT2D eigenvalue weighted by Gasteiger charge is -2.06. The van der Waals surface area contributed by atoms with Gasteiger partial charge in [-0.2, -0.15) is 0 Å². The fourth-order valence-corrected chi connectivity index (χ4v) is 1.94. The molecule has 0 bridgehead atoms. The van der Waals surface area contributed by atoms with Gasteiger partial charge in [0.25, 0.3) is 11.2 Å². The zero-order valence-electron chi connectivity index (χ0n) is 9.80. The summed E-state index contributed by atoms with van der Waals surface area (Å²) in [5, 5.41) is 10.6. The summed E-state index contributed by atoms with van der Waals surface area (Å²) < 4.78 is 1.14. The van der Waals surface area contributed by atoms with E-state index in [2.05, 4.69) is 0 Å². The first-order chi connectivity index (χ1) is 9.38. The number of hydrogen-bond donors (Lipinski definition) is 1. The predicted octanol–water partition coefficient (Wildman–Crippen LogP) is 1.80. The molecule has 0 atom stereocenters. The number of nitrogens with one attached hydrogen (secondary N) is 1. The van der Waals surface area contributed by atoms with E-state index >= 15 is 0 Å². The van der Waals surface area contributed by atoms with Gasteiger partial charge in [-0.1, -0.05) is 29.3 Å². The molecule has 20 heavy (non-hydrogen) atoms. The number of hydrogen-bond acceptors (Lipinski definition) is 4. The summed E-state index contributed by atoms with van der Waals surface area (Å²) in [6.45, 7) is 0.0212. The summed E-state index contributed by atoms with van der Waals surface area (Å²) in [4.78, 5) is 34.9. The van der Waals surface area contributed by atoms with Gasteiger partial charge in [-0.25, -0.2) is 4.79 Å². The van der Waals surface area contributed by atoms with Crippen molar-refractivity contribution in [2.24, 2.45) is 0 Å². The molecule has 1 heterocycles. The maximum atomic E-state index is 11.6. The van der Waals surface area contributed by atoms with Crippen molar-refractivity contribution < 1.29 is 4.92 Å². The molecular formula is C11H7Cl2N3O4. The number of aromatic amines is 1. The Morgan fingerprint density at radius 3 is 2.60 bits per heavy atom. The normalized spacial score (nSPS) is 10.5. The Bertz CT molecular complexity index is 797. The van der Waals surface area contributed by atoms with Crippen LogP contribution in [0.2, 0.25) is 10.0 Å². The van der Waals surface area contributed by atoms with Gasteiger partial charge >= 0.3 is 5.69 Å². The van der Waals surface area contributed by atoms with Crippen LogP contribution in [0.25, 0.3) is 0 Å². The fraction of sp³-hybridized carbons (Fsp3) is 0.0909. The molecule has 0 amide bonds. The molecule has 0 radical (unpaired) electrons. The highest BCUT2D eigenvalue weighted by Crippen LogP contribution is 2.25. The predicted molar refractivity (Wildman–Crippen MR) is 73.5 cm³/mol. The Balaban J connectivity index is 2.43. The first-order valence-electron chi connectivity index (χ1n) is 5.30. The van der Waals surface area contributed by atoms with Crippen molar-refractivity contribution in [3.8, 4) is 0 Å². The minimum absolute atomic E-state index is 0.00518. The molecule has 2 aromatic rings. The van der Waals surface area contributed by atoms with Crippen LogP contribution in [0, 0.1) is 10.1 Å². The van der Waals surface area contributed by atoms with Crippen molar-refractivity contribution in [3.05, 3.63) is 71.0 Å². The van der Waals surface area contributed by atoms with Crippen LogP contribution in [0.3, 0.4) is 0 Å². The lowest BCUT2D eigenvalue weighted by molar-refractivity contribution is -0.384. The molecule has 1 aromatic heterocycles. The van der Waals surface area contributed by atoms with Crippen LogP contribution in [0.4, 0.5) is 5.69 Å². The lowest BCUT2D eigenvalue weighted by Crippen LogP contribution is -2.29. The van der Waals surface area contributed by atoms with Gasteiger partial charge in [0.1, 0.15) is 10.0 Å². The van der Waals surface area contributed by atoms with E-state index in [9.17, 15) is 19.7 Å². The van der Waals surface area contributed by atoms with E-state index in [1.807, 2.05) is 4.98 Å². The molecule has 0 fully saturated rings. The number of nitrogens with zero attached hydrogens (tertiary/aromatic N) is 2. The van der Waals surface area contributed by atoms with Gasteiger partial charge in [-0.3, -0.25) is 24.5 Å². The third kappa shape index (κ3) is 2.89. The smallest absolute Gasteiger partial charge is 0.295 e. The van der Waals surface area contributed by atoms with Crippen molar-refractivity contribution in [2.75, 3.05) is 0 Å². The summed E-state index contributed by atoms with van der Waals surface area (Å²) >= 11 is 11.3. The van der Waals surface area contributed by atoms with Crippen molar-refractivity contribution in [3.63, 3.8) is 0 Å². The second-order valence-corrected chi connectivity index (χ2v) is 4.72. The van der Waals surface area contributed by atoms with Gasteiger partial charge in [0, 0.05) is 12.3 Å². The first-order valence-corrected chi connectivity index (χ1v) is 6.06. The number of nitro benzene ring substituents is 1. The molecule has 9 heteroatoms. The van der Waals surface area contributed by atoms with E-state index in [0.717, 1.165) is 4.57 Å². The Hall–Kier alpha value is -2.12. The topological polar surface area (TPSA) is 98.0 Å². The van der Waals surface area contributed by atoms with Crippen LogP contribution < -0.4 is 11.2 Å². The lowest BCUT2D eigenvalue weighted by atomic mass is 10.2. The van der Waals surface area contributed by atoms with Crippen molar-refractivity contribution >= 4 is 28.9 Å². The number of halogens is 2. The zero-order chi connectivity index (χ0) is 14.9. The largest absolute Gasteiger partial charge is 0.328 e. The molecule has 1 N–H and O–H groups in total. The first kappa shape index (κ1) is 14.3. The summed E-state index contributed by atoms with van der Waals surface area (Å²) in [6, 6.07) is 4.17. The molecule has 0 saturated heterocycles. The monoisotopic (exact) mass is 315 g/mol. The maximum absolute atomic E-state index is 11.6. The van der Waals surface area contributed by atoms with Crippen molar-refractivity contribution in [1.82, 2.24) is 9.55 Å². The van der Waals surface area contributed by atoms with Crippen LogP contribution >= 0.6 is 23.2 Å². The third-order valence-corrected chi connectivity index (χ3v) is 3.12. The molecule has 0 aliphatic carbocycles. The highest BCUT2D eigenvalue weighted by atomic mass is 35.5. The minimum atomic E-state index is -0.685. The Morgan fingerprint density at radius 2 is 1.95 bits per heavy atom. The van der Waals surface area contributed by atoms with E-state index in [-0.39, 0.29) is 22.3 Å². The van der Waals surface area contributed by atoms with Gasteiger partial charge in [0.05, 0.1) is 11.5 Å². The molecule has 1 aromatic carbocycles. The van der Waals surface area contributed by atoms with Crippen molar-refractivity contribution in [2.45, 2.75) is 6.54 Å². The second kappa shape index (κ2) is 5.48. The molecule has 2 rings (SSSR count). The Labute approximate surface area is 121 Å². The molecule has 0 spiro atoms. The van der Waals surface area contributed by atoms with Gasteiger partial charge in [0.2, 0.25) is 0 Å². The Morgan fingerprint density at radius 1 is 1.25 bits per heavy atom. The van der Waals surface area contributed by atoms with Gasteiger partial charge in [-0.05, 0) is 11.6 Å². The molecule has 0 aliphatic rings. The SMILES string of the molecule is O=c1[nH]c(=O)n(Cc2ccc(Cl)c([N+](=O)[O-])c2)cc1Cl. The molecule has 0 saturated carbocycles. The number of aromatic nitrogens is 2. The quantitative estimate of drug-likeness (QED) is 0.689. The van der Waals surface area contributed by atoms with Crippen LogP contribution in [0.1, 0.15) is 5.56 Å². The van der Waals surface area contributed by atoms with Gasteiger partial charge in [0.15, 0.2) is 0 Å². The van der Waals surface area contributed by atoms with Crippen LogP contribution in [0.15, 0.2) is 34.0 Å². The molecule has 0 aliphatic heterocycles.